The molecule has 6 heteroatoms. The Labute approximate surface area is 174 Å². The highest BCUT2D eigenvalue weighted by Gasteiger charge is 2.08. The molecular formula is C23H19N3O2S. The minimum absolute atomic E-state index is 0.160. The summed E-state index contributed by atoms with van der Waals surface area (Å²) in [6.45, 7) is 0.561. The zero-order valence-electron chi connectivity index (χ0n) is 15.6. The molecule has 0 spiro atoms. The lowest BCUT2D eigenvalue weighted by atomic mass is 10.2. The number of nitriles is 1. The first-order chi connectivity index (χ1) is 14.1. The number of carbonyl (C=O) groups is 1. The molecule has 0 aliphatic rings. The van der Waals surface area contributed by atoms with Crippen LogP contribution in [0.3, 0.4) is 0 Å². The Balaban J connectivity index is 1.49. The van der Waals surface area contributed by atoms with Crippen molar-refractivity contribution >= 4 is 28.9 Å². The van der Waals surface area contributed by atoms with Crippen molar-refractivity contribution in [3.63, 3.8) is 0 Å². The lowest BCUT2D eigenvalue weighted by Crippen LogP contribution is -2.34. The third kappa shape index (κ3) is 6.16. The fourth-order valence-electron chi connectivity index (χ4n) is 2.64. The molecule has 0 aromatic heterocycles. The average molecular weight is 401 g/mol. The molecule has 0 saturated heterocycles. The van der Waals surface area contributed by atoms with E-state index >= 15 is 0 Å². The van der Waals surface area contributed by atoms with E-state index in [2.05, 4.69) is 28.8 Å². The predicted molar refractivity (Wildman–Crippen MR) is 117 cm³/mol. The number of amides is 1. The van der Waals surface area contributed by atoms with Gasteiger partial charge in [-0.1, -0.05) is 36.4 Å². The summed E-state index contributed by atoms with van der Waals surface area (Å²) in [6.07, 6.45) is 0.815. The van der Waals surface area contributed by atoms with Crippen LogP contribution in [0.1, 0.15) is 21.5 Å². The zero-order chi connectivity index (χ0) is 20.5. The molecule has 0 atom stereocenters. The molecular weight excluding hydrogens is 382 g/mol. The van der Waals surface area contributed by atoms with Crippen LogP contribution in [0.5, 0.6) is 5.75 Å². The Hall–Kier alpha value is -3.69. The first-order valence-electron chi connectivity index (χ1n) is 9.03. The van der Waals surface area contributed by atoms with Crippen molar-refractivity contribution in [2.24, 2.45) is 0 Å². The molecule has 0 unspecified atom stereocenters. The second-order valence-corrected chi connectivity index (χ2v) is 6.62. The first-order valence-corrected chi connectivity index (χ1v) is 9.44. The molecule has 0 fully saturated rings. The van der Waals surface area contributed by atoms with Crippen LogP contribution in [0.4, 0.5) is 5.69 Å². The van der Waals surface area contributed by atoms with Gasteiger partial charge in [-0.05, 0) is 60.2 Å². The number of nitrogens with zero attached hydrogens (tertiary/aromatic N) is 1. The molecule has 0 aliphatic carbocycles. The van der Waals surface area contributed by atoms with E-state index in [-0.39, 0.29) is 11.0 Å². The third-order valence-corrected chi connectivity index (χ3v) is 4.30. The monoisotopic (exact) mass is 401 g/mol. The maximum absolute atomic E-state index is 12.3. The molecule has 0 heterocycles. The first kappa shape index (κ1) is 20.1. The number of rotatable bonds is 6. The standard InChI is InChI=1S/C23H19N3O2S/c24-16-18-7-4-8-20(15-18)25-23(29)26-22(27)19-9-11-21(12-10-19)28-14-13-17-5-2-1-3-6-17/h1-12,15H,13-14H2,(H2,25,26,27,29). The molecule has 29 heavy (non-hydrogen) atoms. The topological polar surface area (TPSA) is 74.2 Å². The lowest BCUT2D eigenvalue weighted by Gasteiger charge is -2.10. The number of hydrogen-bond donors (Lipinski definition) is 2. The van der Waals surface area contributed by atoms with Crippen molar-refractivity contribution in [3.8, 4) is 11.8 Å². The minimum atomic E-state index is -0.324. The quantitative estimate of drug-likeness (QED) is 0.602. The predicted octanol–water partition coefficient (Wildman–Crippen LogP) is 4.31. The summed E-state index contributed by atoms with van der Waals surface area (Å²) in [5.41, 5.74) is 2.82. The van der Waals surface area contributed by atoms with Gasteiger partial charge >= 0.3 is 0 Å². The molecule has 0 saturated carbocycles. The van der Waals surface area contributed by atoms with Crippen molar-refractivity contribution in [2.45, 2.75) is 6.42 Å². The zero-order valence-corrected chi connectivity index (χ0v) is 16.4. The van der Waals surface area contributed by atoms with Gasteiger partial charge in [0.25, 0.3) is 5.91 Å². The van der Waals surface area contributed by atoms with E-state index in [1.54, 1.807) is 48.5 Å². The maximum Gasteiger partial charge on any atom is 0.257 e. The number of thiocarbonyl (C=S) groups is 1. The summed E-state index contributed by atoms with van der Waals surface area (Å²) >= 11 is 5.17. The van der Waals surface area contributed by atoms with Crippen LogP contribution >= 0.6 is 12.2 Å². The molecule has 5 nitrogen and oxygen atoms in total. The molecule has 144 valence electrons. The van der Waals surface area contributed by atoms with Crippen LogP contribution in [-0.4, -0.2) is 17.6 Å². The second kappa shape index (κ2) is 10.0. The van der Waals surface area contributed by atoms with Crippen LogP contribution in [0.15, 0.2) is 78.9 Å². The van der Waals surface area contributed by atoms with E-state index in [9.17, 15) is 4.79 Å². The summed E-state index contributed by atoms with van der Waals surface area (Å²) in [5.74, 6) is 0.376. The van der Waals surface area contributed by atoms with Gasteiger partial charge in [0.1, 0.15) is 5.75 Å². The highest BCUT2D eigenvalue weighted by atomic mass is 32.1. The van der Waals surface area contributed by atoms with E-state index in [1.807, 2.05) is 18.2 Å². The summed E-state index contributed by atoms with van der Waals surface area (Å²) in [4.78, 5) is 12.3. The van der Waals surface area contributed by atoms with Crippen LogP contribution < -0.4 is 15.4 Å². The van der Waals surface area contributed by atoms with Crippen LogP contribution in [0.2, 0.25) is 0 Å². The third-order valence-electron chi connectivity index (χ3n) is 4.10. The number of carbonyl (C=O) groups excluding carboxylic acids is 1. The molecule has 3 aromatic rings. The van der Waals surface area contributed by atoms with Gasteiger partial charge in [0, 0.05) is 17.7 Å². The van der Waals surface area contributed by atoms with E-state index < -0.39 is 0 Å². The van der Waals surface area contributed by atoms with Gasteiger partial charge in [0.15, 0.2) is 5.11 Å². The van der Waals surface area contributed by atoms with Gasteiger partial charge in [0.05, 0.1) is 18.2 Å². The summed E-state index contributed by atoms with van der Waals surface area (Å²) in [7, 11) is 0. The Bertz CT molecular complexity index is 1030. The number of anilines is 1. The highest BCUT2D eigenvalue weighted by molar-refractivity contribution is 7.80. The second-order valence-electron chi connectivity index (χ2n) is 6.21. The largest absolute Gasteiger partial charge is 0.493 e. The summed E-state index contributed by atoms with van der Waals surface area (Å²) in [5, 5.41) is 14.6. The van der Waals surface area contributed by atoms with Crippen molar-refractivity contribution < 1.29 is 9.53 Å². The van der Waals surface area contributed by atoms with Crippen molar-refractivity contribution in [2.75, 3.05) is 11.9 Å². The van der Waals surface area contributed by atoms with Crippen LogP contribution in [0, 0.1) is 11.3 Å². The fraction of sp³-hybridized carbons (Fsp3) is 0.0870. The fourth-order valence-corrected chi connectivity index (χ4v) is 2.85. The molecule has 1 amide bonds. The summed E-state index contributed by atoms with van der Waals surface area (Å²) in [6, 6.07) is 25.9. The molecule has 0 radical (unpaired) electrons. The van der Waals surface area contributed by atoms with Gasteiger partial charge in [-0.25, -0.2) is 0 Å². The Morgan fingerprint density at radius 1 is 1.00 bits per heavy atom. The molecule has 0 bridgehead atoms. The van der Waals surface area contributed by atoms with Gasteiger partial charge < -0.3 is 10.1 Å². The normalized spacial score (nSPS) is 9.90. The highest BCUT2D eigenvalue weighted by Crippen LogP contribution is 2.13. The average Bonchev–Trinajstić information content (AvgIpc) is 2.75. The van der Waals surface area contributed by atoms with Crippen molar-refractivity contribution in [3.05, 3.63) is 95.6 Å². The number of hydrogen-bond acceptors (Lipinski definition) is 4. The molecule has 0 aliphatic heterocycles. The smallest absolute Gasteiger partial charge is 0.257 e. The number of ether oxygens (including phenoxy) is 1. The van der Waals surface area contributed by atoms with E-state index in [0.29, 0.717) is 29.2 Å². The SMILES string of the molecule is N#Cc1cccc(NC(=S)NC(=O)c2ccc(OCCc3ccccc3)cc2)c1. The summed E-state index contributed by atoms with van der Waals surface area (Å²) < 4.78 is 5.73. The van der Waals surface area contributed by atoms with Gasteiger partial charge in [0.2, 0.25) is 0 Å². The number of nitrogens with one attached hydrogen (secondary N) is 2. The maximum atomic E-state index is 12.3. The van der Waals surface area contributed by atoms with Gasteiger partial charge in [-0.2, -0.15) is 5.26 Å². The number of benzene rings is 3. The van der Waals surface area contributed by atoms with Crippen LogP contribution in [0.25, 0.3) is 0 Å². The van der Waals surface area contributed by atoms with E-state index in [4.69, 9.17) is 22.2 Å². The lowest BCUT2D eigenvalue weighted by molar-refractivity contribution is 0.0977. The molecule has 3 rings (SSSR count). The van der Waals surface area contributed by atoms with Gasteiger partial charge in [-0.3, -0.25) is 10.1 Å². The van der Waals surface area contributed by atoms with E-state index in [1.165, 1.54) is 5.56 Å². The Morgan fingerprint density at radius 3 is 2.48 bits per heavy atom. The van der Waals surface area contributed by atoms with Crippen molar-refractivity contribution in [1.29, 1.82) is 5.26 Å². The Kier molecular flexibility index (Phi) is 6.93. The van der Waals surface area contributed by atoms with E-state index in [0.717, 1.165) is 6.42 Å². The molecule has 3 aromatic carbocycles. The minimum Gasteiger partial charge on any atom is -0.493 e. The van der Waals surface area contributed by atoms with Gasteiger partial charge in [-0.15, -0.1) is 0 Å². The Morgan fingerprint density at radius 2 is 1.76 bits per heavy atom. The molecule has 2 N–H and O–H groups in total. The van der Waals surface area contributed by atoms with Crippen LogP contribution in [-0.2, 0) is 6.42 Å². The van der Waals surface area contributed by atoms with Crippen molar-refractivity contribution in [1.82, 2.24) is 5.32 Å².